The molecule has 0 fully saturated rings. The summed E-state index contributed by atoms with van der Waals surface area (Å²) in [6.07, 6.45) is 0.289. The number of para-hydroxylation sites is 2. The number of anilines is 2. The van der Waals surface area contributed by atoms with Gasteiger partial charge in [-0.2, -0.15) is 0 Å². The van der Waals surface area contributed by atoms with Crippen LogP contribution in [0.3, 0.4) is 0 Å². The van der Waals surface area contributed by atoms with Gasteiger partial charge in [0.15, 0.2) is 0 Å². The third kappa shape index (κ3) is 3.94. The van der Waals surface area contributed by atoms with E-state index in [4.69, 9.17) is 5.11 Å². The summed E-state index contributed by atoms with van der Waals surface area (Å²) in [7, 11) is 0. The highest BCUT2D eigenvalue weighted by molar-refractivity contribution is 6.12. The summed E-state index contributed by atoms with van der Waals surface area (Å²) in [4.78, 5) is 35.1. The summed E-state index contributed by atoms with van der Waals surface area (Å²) in [6.45, 7) is 1.71. The Morgan fingerprint density at radius 3 is 1.96 bits per heavy atom. The van der Waals surface area contributed by atoms with Gasteiger partial charge in [0.05, 0.1) is 22.5 Å². The zero-order chi connectivity index (χ0) is 16.8. The van der Waals surface area contributed by atoms with E-state index in [1.54, 1.807) is 43.3 Å². The van der Waals surface area contributed by atoms with E-state index in [2.05, 4.69) is 10.6 Å². The molecule has 0 atom stereocenters. The minimum atomic E-state index is -1.13. The lowest BCUT2D eigenvalue weighted by Gasteiger charge is -2.12. The van der Waals surface area contributed by atoms with Crippen molar-refractivity contribution in [3.63, 3.8) is 0 Å². The highest BCUT2D eigenvalue weighted by atomic mass is 16.4. The van der Waals surface area contributed by atoms with E-state index in [-0.39, 0.29) is 29.1 Å². The van der Waals surface area contributed by atoms with Gasteiger partial charge in [0.1, 0.15) is 0 Å². The summed E-state index contributed by atoms with van der Waals surface area (Å²) in [5.74, 6) is -1.84. The number of amides is 2. The monoisotopic (exact) mass is 312 g/mol. The first-order chi connectivity index (χ1) is 11.0. The maximum atomic E-state index is 12.4. The van der Waals surface area contributed by atoms with Crippen molar-refractivity contribution in [3.05, 3.63) is 59.7 Å². The van der Waals surface area contributed by atoms with Gasteiger partial charge in [-0.15, -0.1) is 0 Å². The average Bonchev–Trinajstić information content (AvgIpc) is 2.55. The first-order valence-electron chi connectivity index (χ1n) is 7.05. The fourth-order valence-electron chi connectivity index (χ4n) is 2.00. The number of carbonyl (C=O) groups excluding carboxylic acids is 2. The van der Waals surface area contributed by atoms with E-state index in [9.17, 15) is 14.4 Å². The van der Waals surface area contributed by atoms with Crippen LogP contribution in [0.4, 0.5) is 11.4 Å². The average molecular weight is 312 g/mol. The Kier molecular flexibility index (Phi) is 5.09. The Balaban J connectivity index is 2.29. The van der Waals surface area contributed by atoms with Crippen molar-refractivity contribution in [1.82, 2.24) is 0 Å². The van der Waals surface area contributed by atoms with Gasteiger partial charge in [0.2, 0.25) is 5.91 Å². The van der Waals surface area contributed by atoms with E-state index >= 15 is 0 Å². The molecule has 2 amide bonds. The number of aromatic carboxylic acids is 1. The molecule has 2 aromatic rings. The molecule has 0 aliphatic carbocycles. The van der Waals surface area contributed by atoms with Crippen LogP contribution in [0, 0.1) is 0 Å². The molecule has 6 nitrogen and oxygen atoms in total. The van der Waals surface area contributed by atoms with Crippen molar-refractivity contribution >= 4 is 29.2 Å². The van der Waals surface area contributed by atoms with E-state index in [1.807, 2.05) is 0 Å². The molecule has 0 unspecified atom stereocenters. The summed E-state index contributed by atoms with van der Waals surface area (Å²) < 4.78 is 0. The molecule has 0 radical (unpaired) electrons. The first kappa shape index (κ1) is 16.2. The normalized spacial score (nSPS) is 9.96. The second-order valence-corrected chi connectivity index (χ2v) is 4.75. The molecule has 0 aliphatic rings. The van der Waals surface area contributed by atoms with Crippen molar-refractivity contribution in [2.45, 2.75) is 13.3 Å². The predicted molar refractivity (Wildman–Crippen MR) is 86.7 cm³/mol. The maximum Gasteiger partial charge on any atom is 0.337 e. The second-order valence-electron chi connectivity index (χ2n) is 4.75. The summed E-state index contributed by atoms with van der Waals surface area (Å²) >= 11 is 0. The van der Waals surface area contributed by atoms with Crippen LogP contribution in [0.5, 0.6) is 0 Å². The Bertz CT molecular complexity index is 756. The number of hydrogen-bond acceptors (Lipinski definition) is 3. The van der Waals surface area contributed by atoms with Crippen LogP contribution < -0.4 is 10.6 Å². The summed E-state index contributed by atoms with van der Waals surface area (Å²) in [6, 6.07) is 12.7. The molecule has 23 heavy (non-hydrogen) atoms. The molecule has 118 valence electrons. The maximum absolute atomic E-state index is 12.4. The number of nitrogens with one attached hydrogen (secondary N) is 2. The lowest BCUT2D eigenvalue weighted by Crippen LogP contribution is -2.18. The zero-order valence-corrected chi connectivity index (χ0v) is 12.5. The fourth-order valence-corrected chi connectivity index (χ4v) is 2.00. The number of carboxylic acids is 1. The highest BCUT2D eigenvalue weighted by Gasteiger charge is 2.16. The molecule has 0 aromatic heterocycles. The van der Waals surface area contributed by atoms with E-state index in [0.29, 0.717) is 5.69 Å². The van der Waals surface area contributed by atoms with Crippen LogP contribution in [0.1, 0.15) is 34.1 Å². The summed E-state index contributed by atoms with van der Waals surface area (Å²) in [5.41, 5.74) is 0.830. The smallest absolute Gasteiger partial charge is 0.337 e. The van der Waals surface area contributed by atoms with Gasteiger partial charge in [-0.3, -0.25) is 9.59 Å². The number of carbonyl (C=O) groups is 3. The predicted octanol–water partition coefficient (Wildman–Crippen LogP) is 2.99. The largest absolute Gasteiger partial charge is 0.478 e. The van der Waals surface area contributed by atoms with Gasteiger partial charge in [-0.05, 0) is 24.3 Å². The van der Waals surface area contributed by atoms with Crippen molar-refractivity contribution in [3.8, 4) is 0 Å². The third-order valence-electron chi connectivity index (χ3n) is 3.17. The molecule has 0 saturated heterocycles. The number of carboxylic acid groups (broad SMARTS) is 1. The minimum absolute atomic E-state index is 0.00377. The van der Waals surface area contributed by atoms with Gasteiger partial charge >= 0.3 is 5.97 Å². The Labute approximate surface area is 133 Å². The van der Waals surface area contributed by atoms with E-state index < -0.39 is 11.9 Å². The van der Waals surface area contributed by atoms with Gasteiger partial charge in [-0.25, -0.2) is 4.79 Å². The van der Waals surface area contributed by atoms with Crippen LogP contribution in [0.15, 0.2) is 48.5 Å². The quantitative estimate of drug-likeness (QED) is 0.791. The minimum Gasteiger partial charge on any atom is -0.478 e. The number of benzene rings is 2. The molecular formula is C17H16N2O4. The highest BCUT2D eigenvalue weighted by Crippen LogP contribution is 2.20. The standard InChI is InChI=1S/C17H16N2O4/c1-2-15(20)18-13-9-5-3-7-11(13)16(21)19-14-10-6-4-8-12(14)17(22)23/h3-10H,2H2,1H3,(H,18,20)(H,19,21)(H,22,23). The number of hydrogen-bond donors (Lipinski definition) is 3. The topological polar surface area (TPSA) is 95.5 Å². The molecule has 6 heteroatoms. The third-order valence-corrected chi connectivity index (χ3v) is 3.17. The van der Waals surface area contributed by atoms with Crippen molar-refractivity contribution < 1.29 is 19.5 Å². The SMILES string of the molecule is CCC(=O)Nc1ccccc1C(=O)Nc1ccccc1C(=O)O. The molecule has 0 aliphatic heterocycles. The molecule has 0 heterocycles. The van der Waals surface area contributed by atoms with Gasteiger partial charge in [0, 0.05) is 6.42 Å². The first-order valence-corrected chi connectivity index (χ1v) is 7.05. The molecule has 3 N–H and O–H groups in total. The van der Waals surface area contributed by atoms with Crippen molar-refractivity contribution in [2.75, 3.05) is 10.6 Å². The van der Waals surface area contributed by atoms with E-state index in [1.165, 1.54) is 12.1 Å². The van der Waals surface area contributed by atoms with Crippen molar-refractivity contribution in [1.29, 1.82) is 0 Å². The van der Waals surface area contributed by atoms with Crippen LogP contribution in [-0.4, -0.2) is 22.9 Å². The van der Waals surface area contributed by atoms with Crippen molar-refractivity contribution in [2.24, 2.45) is 0 Å². The summed E-state index contributed by atoms with van der Waals surface area (Å²) in [5, 5.41) is 14.4. The van der Waals surface area contributed by atoms with Crippen LogP contribution >= 0.6 is 0 Å². The van der Waals surface area contributed by atoms with Crippen LogP contribution in [0.25, 0.3) is 0 Å². The molecule has 0 bridgehead atoms. The zero-order valence-electron chi connectivity index (χ0n) is 12.5. The molecule has 0 spiro atoms. The molecular weight excluding hydrogens is 296 g/mol. The molecule has 2 aromatic carbocycles. The van der Waals surface area contributed by atoms with Crippen LogP contribution in [-0.2, 0) is 4.79 Å². The van der Waals surface area contributed by atoms with Gasteiger partial charge in [-0.1, -0.05) is 31.2 Å². The lowest BCUT2D eigenvalue weighted by molar-refractivity contribution is -0.115. The second kappa shape index (κ2) is 7.22. The Hall–Kier alpha value is -3.15. The lowest BCUT2D eigenvalue weighted by atomic mass is 10.1. The molecule has 2 rings (SSSR count). The van der Waals surface area contributed by atoms with Gasteiger partial charge < -0.3 is 15.7 Å². The fraction of sp³-hybridized carbons (Fsp3) is 0.118. The Morgan fingerprint density at radius 1 is 0.870 bits per heavy atom. The van der Waals surface area contributed by atoms with E-state index in [0.717, 1.165) is 0 Å². The van der Waals surface area contributed by atoms with Gasteiger partial charge in [0.25, 0.3) is 5.91 Å². The number of rotatable bonds is 5. The molecule has 0 saturated carbocycles. The van der Waals surface area contributed by atoms with Crippen LogP contribution in [0.2, 0.25) is 0 Å². The Morgan fingerprint density at radius 2 is 1.39 bits per heavy atom.